The van der Waals surface area contributed by atoms with Crippen molar-refractivity contribution < 1.29 is 29.0 Å². The van der Waals surface area contributed by atoms with Gasteiger partial charge >= 0.3 is 18.2 Å². The molecule has 8 nitrogen and oxygen atoms in total. The molecule has 8 heteroatoms. The lowest BCUT2D eigenvalue weighted by Gasteiger charge is -2.23. The van der Waals surface area contributed by atoms with E-state index in [1.165, 1.54) is 0 Å². The molecule has 2 aromatic carbocycles. The van der Waals surface area contributed by atoms with E-state index in [1.807, 2.05) is 48.5 Å². The van der Waals surface area contributed by atoms with Crippen LogP contribution < -0.4 is 5.32 Å². The summed E-state index contributed by atoms with van der Waals surface area (Å²) in [5.41, 5.74) is 3.70. The van der Waals surface area contributed by atoms with Gasteiger partial charge in [0, 0.05) is 18.9 Å². The molecule has 1 aliphatic carbocycles. The van der Waals surface area contributed by atoms with Gasteiger partial charge in [0.1, 0.15) is 18.2 Å². The number of nitrogens with one attached hydrogen (secondary N) is 1. The molecule has 174 valence electrons. The molecule has 0 bridgehead atoms. The first-order chi connectivity index (χ1) is 15.6. The molecule has 2 atom stereocenters. The second-order valence-electron chi connectivity index (χ2n) is 9.39. The summed E-state index contributed by atoms with van der Waals surface area (Å²) < 4.78 is 10.9. The summed E-state index contributed by atoms with van der Waals surface area (Å²) in [5, 5.41) is 12.3. The smallest absolute Gasteiger partial charge is 0.410 e. The number of hydrogen-bond donors (Lipinski definition) is 2. The van der Waals surface area contributed by atoms with Crippen LogP contribution in [0.3, 0.4) is 0 Å². The van der Waals surface area contributed by atoms with E-state index in [9.17, 15) is 19.5 Å². The van der Waals surface area contributed by atoms with Gasteiger partial charge in [-0.15, -0.1) is 0 Å². The molecular weight excluding hydrogens is 424 g/mol. The minimum absolute atomic E-state index is 0.0346. The van der Waals surface area contributed by atoms with E-state index < -0.39 is 35.8 Å². The molecule has 33 heavy (non-hydrogen) atoms. The maximum absolute atomic E-state index is 12.9. The predicted octanol–water partition coefficient (Wildman–Crippen LogP) is 3.99. The van der Waals surface area contributed by atoms with Crippen LogP contribution in [0.2, 0.25) is 0 Å². The van der Waals surface area contributed by atoms with E-state index in [2.05, 4.69) is 5.32 Å². The molecule has 0 aromatic heterocycles. The van der Waals surface area contributed by atoms with Crippen LogP contribution in [0.25, 0.3) is 11.1 Å². The van der Waals surface area contributed by atoms with Crippen molar-refractivity contribution in [3.8, 4) is 11.1 Å². The number of carboxylic acids is 1. The Morgan fingerprint density at radius 3 is 2.15 bits per heavy atom. The largest absolute Gasteiger partial charge is 0.480 e. The molecule has 0 spiro atoms. The summed E-state index contributed by atoms with van der Waals surface area (Å²) in [6.07, 6.45) is -1.28. The van der Waals surface area contributed by atoms with Crippen LogP contribution >= 0.6 is 0 Å². The van der Waals surface area contributed by atoms with Gasteiger partial charge in [-0.2, -0.15) is 0 Å². The summed E-state index contributed by atoms with van der Waals surface area (Å²) in [5.74, 6) is -1.26. The summed E-state index contributed by atoms with van der Waals surface area (Å²) >= 11 is 0. The lowest BCUT2D eigenvalue weighted by molar-refractivity contribution is -0.141. The van der Waals surface area contributed by atoms with E-state index in [0.717, 1.165) is 27.2 Å². The Labute approximate surface area is 192 Å². The molecular formula is C25H28N2O6. The normalized spacial score (nSPS) is 19.5. The summed E-state index contributed by atoms with van der Waals surface area (Å²) in [6.45, 7) is 5.35. The minimum Gasteiger partial charge on any atom is -0.480 e. The number of rotatable bonds is 4. The zero-order valence-electron chi connectivity index (χ0n) is 18.9. The van der Waals surface area contributed by atoms with Crippen molar-refractivity contribution in [1.29, 1.82) is 0 Å². The maximum Gasteiger partial charge on any atom is 0.410 e. The zero-order chi connectivity index (χ0) is 23.8. The van der Waals surface area contributed by atoms with Gasteiger partial charge in [0.15, 0.2) is 0 Å². The van der Waals surface area contributed by atoms with E-state index in [0.29, 0.717) is 0 Å². The Kier molecular flexibility index (Phi) is 6.01. The quantitative estimate of drug-likeness (QED) is 0.727. The number of hydrogen-bond acceptors (Lipinski definition) is 5. The Bertz CT molecular complexity index is 1030. The van der Waals surface area contributed by atoms with Crippen molar-refractivity contribution in [2.45, 2.75) is 50.8 Å². The second kappa shape index (κ2) is 8.77. The van der Waals surface area contributed by atoms with Crippen LogP contribution in [0.4, 0.5) is 9.59 Å². The number of ether oxygens (including phenoxy) is 2. The molecule has 1 saturated heterocycles. The highest BCUT2D eigenvalue weighted by atomic mass is 16.6. The van der Waals surface area contributed by atoms with E-state index in [4.69, 9.17) is 9.47 Å². The van der Waals surface area contributed by atoms with Gasteiger partial charge in [0.2, 0.25) is 0 Å². The van der Waals surface area contributed by atoms with Crippen molar-refractivity contribution in [2.75, 3.05) is 13.2 Å². The molecule has 0 saturated carbocycles. The van der Waals surface area contributed by atoms with E-state index in [1.54, 1.807) is 20.8 Å². The van der Waals surface area contributed by atoms with Crippen LogP contribution in [-0.4, -0.2) is 59.0 Å². The molecule has 2 N–H and O–H groups in total. The van der Waals surface area contributed by atoms with Gasteiger partial charge in [-0.3, -0.25) is 4.90 Å². The number of carboxylic acid groups (broad SMARTS) is 1. The predicted molar refractivity (Wildman–Crippen MR) is 121 cm³/mol. The molecule has 1 fully saturated rings. The first kappa shape index (κ1) is 22.6. The zero-order valence-corrected chi connectivity index (χ0v) is 18.9. The van der Waals surface area contributed by atoms with Crippen LogP contribution in [0.15, 0.2) is 48.5 Å². The van der Waals surface area contributed by atoms with Gasteiger partial charge in [-0.25, -0.2) is 14.4 Å². The molecule has 1 heterocycles. The first-order valence-electron chi connectivity index (χ1n) is 11.0. The van der Waals surface area contributed by atoms with Crippen LogP contribution in [-0.2, 0) is 14.3 Å². The highest BCUT2D eigenvalue weighted by Gasteiger charge is 2.42. The number of fused-ring (bicyclic) bond motifs is 3. The number of nitrogens with zero attached hydrogens (tertiary/aromatic N) is 1. The third-order valence-electron chi connectivity index (χ3n) is 5.88. The van der Waals surface area contributed by atoms with Gasteiger partial charge in [-0.05, 0) is 43.0 Å². The Balaban J connectivity index is 1.43. The number of carbonyl (C=O) groups is 3. The lowest BCUT2D eigenvalue weighted by Crippen LogP contribution is -2.43. The molecule has 1 aliphatic heterocycles. The summed E-state index contributed by atoms with van der Waals surface area (Å²) in [7, 11) is 0. The number of likely N-dealkylation sites (tertiary alicyclic amines) is 1. The fraction of sp³-hybridized carbons (Fsp3) is 0.400. The highest BCUT2D eigenvalue weighted by Crippen LogP contribution is 2.44. The monoisotopic (exact) mass is 452 g/mol. The first-order valence-corrected chi connectivity index (χ1v) is 11.0. The Morgan fingerprint density at radius 2 is 1.61 bits per heavy atom. The third kappa shape index (κ3) is 4.79. The maximum atomic E-state index is 12.9. The van der Waals surface area contributed by atoms with Crippen LogP contribution in [0.5, 0.6) is 0 Å². The number of alkyl carbamates (subject to hydrolysis) is 1. The minimum atomic E-state index is -1.14. The summed E-state index contributed by atoms with van der Waals surface area (Å²) in [4.78, 5) is 37.9. The number of aliphatic carboxylic acids is 1. The average Bonchev–Trinajstić information content (AvgIpc) is 3.30. The highest BCUT2D eigenvalue weighted by molar-refractivity contribution is 5.82. The SMILES string of the molecule is CC(C)(C)OC(=O)NC1C[C@H](C(=O)O)N(C(=O)OCC2c3ccccc3-c3ccccc32)C1. The molecule has 0 radical (unpaired) electrons. The molecule has 2 aromatic rings. The number of benzene rings is 2. The molecule has 1 unspecified atom stereocenters. The van der Waals surface area contributed by atoms with E-state index >= 15 is 0 Å². The van der Waals surface area contributed by atoms with Gasteiger partial charge in [0.25, 0.3) is 0 Å². The van der Waals surface area contributed by atoms with Crippen molar-refractivity contribution in [1.82, 2.24) is 10.2 Å². The third-order valence-corrected chi connectivity index (χ3v) is 5.88. The fourth-order valence-electron chi connectivity index (χ4n) is 4.53. The Morgan fingerprint density at radius 1 is 1.03 bits per heavy atom. The van der Waals surface area contributed by atoms with Crippen LogP contribution in [0.1, 0.15) is 44.2 Å². The number of carbonyl (C=O) groups excluding carboxylic acids is 2. The molecule has 2 amide bonds. The van der Waals surface area contributed by atoms with Gasteiger partial charge in [0.05, 0.1) is 6.04 Å². The van der Waals surface area contributed by atoms with Crippen molar-refractivity contribution in [3.63, 3.8) is 0 Å². The average molecular weight is 453 g/mol. The molecule has 4 rings (SSSR count). The topological polar surface area (TPSA) is 105 Å². The van der Waals surface area contributed by atoms with E-state index in [-0.39, 0.29) is 25.5 Å². The van der Waals surface area contributed by atoms with Gasteiger partial charge in [-0.1, -0.05) is 48.5 Å². The number of amides is 2. The lowest BCUT2D eigenvalue weighted by atomic mass is 9.98. The fourth-order valence-corrected chi connectivity index (χ4v) is 4.53. The van der Waals surface area contributed by atoms with Crippen molar-refractivity contribution in [3.05, 3.63) is 59.7 Å². The summed E-state index contributed by atoms with van der Waals surface area (Å²) in [6, 6.07) is 14.4. The van der Waals surface area contributed by atoms with Crippen molar-refractivity contribution >= 4 is 18.2 Å². The van der Waals surface area contributed by atoms with Crippen LogP contribution in [0, 0.1) is 0 Å². The second-order valence-corrected chi connectivity index (χ2v) is 9.39. The van der Waals surface area contributed by atoms with Gasteiger partial charge < -0.3 is 19.9 Å². The van der Waals surface area contributed by atoms with Crippen molar-refractivity contribution in [2.24, 2.45) is 0 Å². The molecule has 2 aliphatic rings. The Hall–Kier alpha value is -3.55. The standard InChI is InChI=1S/C25H28N2O6/c1-25(2,3)33-23(30)26-15-12-21(22(28)29)27(13-15)24(31)32-14-20-18-10-6-4-8-16(18)17-9-5-7-11-19(17)20/h4-11,15,20-21H,12-14H2,1-3H3,(H,26,30)(H,28,29)/t15?,21-/m1/s1.